The number of rotatable bonds is 4. The molecule has 0 bridgehead atoms. The molecule has 0 N–H and O–H groups in total. The van der Waals surface area contributed by atoms with Gasteiger partial charge in [0.25, 0.3) is 0 Å². The van der Waals surface area contributed by atoms with Gasteiger partial charge in [-0.1, -0.05) is 24.3 Å². The third-order valence-electron chi connectivity index (χ3n) is 3.11. The highest BCUT2D eigenvalue weighted by molar-refractivity contribution is 7.98. The maximum absolute atomic E-state index is 4.66. The summed E-state index contributed by atoms with van der Waals surface area (Å²) in [6.45, 7) is 0. The fourth-order valence-electron chi connectivity index (χ4n) is 1.93. The van der Waals surface area contributed by atoms with Crippen LogP contribution in [0.15, 0.2) is 58.3 Å². The summed E-state index contributed by atoms with van der Waals surface area (Å²) in [4.78, 5) is 7.17. The highest BCUT2D eigenvalue weighted by atomic mass is 32.2. The van der Waals surface area contributed by atoms with Gasteiger partial charge in [-0.25, -0.2) is 4.98 Å². The largest absolute Gasteiger partial charge is 0.215 e. The lowest BCUT2D eigenvalue weighted by Gasteiger charge is -1.99. The Bertz CT molecular complexity index is 656. The summed E-state index contributed by atoms with van der Waals surface area (Å²) in [5.41, 5.74) is 2.19. The van der Waals surface area contributed by atoms with Gasteiger partial charge >= 0.3 is 0 Å². The van der Waals surface area contributed by atoms with E-state index >= 15 is 0 Å². The van der Waals surface area contributed by atoms with Crippen molar-refractivity contribution >= 4 is 35.1 Å². The molecule has 0 aliphatic heterocycles. The van der Waals surface area contributed by atoms with E-state index in [0.29, 0.717) is 0 Å². The molecule has 0 fully saturated rings. The molecule has 0 amide bonds. The third kappa shape index (κ3) is 3.31. The number of benzene rings is 2. The normalized spacial score (nSPS) is 10.8. The molecule has 1 aromatic heterocycles. The van der Waals surface area contributed by atoms with E-state index in [-0.39, 0.29) is 0 Å². The zero-order valence-electron chi connectivity index (χ0n) is 11.7. The molecule has 5 heteroatoms. The molecule has 1 heterocycles. The van der Waals surface area contributed by atoms with Crippen molar-refractivity contribution in [3.63, 3.8) is 0 Å². The summed E-state index contributed by atoms with van der Waals surface area (Å²) < 4.78 is 4.48. The van der Waals surface area contributed by atoms with Gasteiger partial charge < -0.3 is 0 Å². The van der Waals surface area contributed by atoms with Gasteiger partial charge in [0.2, 0.25) is 0 Å². The first-order chi connectivity index (χ1) is 10.3. The summed E-state index contributed by atoms with van der Waals surface area (Å²) >= 11 is 4.93. The zero-order valence-corrected chi connectivity index (χ0v) is 14.2. The third-order valence-corrected chi connectivity index (χ3v) is 5.36. The minimum atomic E-state index is 0.802. The molecule has 0 aliphatic rings. The smallest absolute Gasteiger partial charge is 0.173 e. The molecule has 0 spiro atoms. The first-order valence-corrected chi connectivity index (χ1v) is 9.65. The minimum Gasteiger partial charge on any atom is -0.215 e. The van der Waals surface area contributed by atoms with Crippen LogP contribution in [0.1, 0.15) is 0 Å². The minimum absolute atomic E-state index is 0.802. The van der Waals surface area contributed by atoms with Crippen LogP contribution in [0.3, 0.4) is 0 Å². The van der Waals surface area contributed by atoms with E-state index in [9.17, 15) is 0 Å². The first kappa shape index (κ1) is 14.6. The number of nitrogens with zero attached hydrogens (tertiary/aromatic N) is 2. The van der Waals surface area contributed by atoms with E-state index in [1.807, 2.05) is 0 Å². The van der Waals surface area contributed by atoms with Gasteiger partial charge in [-0.3, -0.25) is 0 Å². The molecule has 0 aliphatic carbocycles. The van der Waals surface area contributed by atoms with E-state index in [0.717, 1.165) is 22.0 Å². The standard InChI is InChI=1S/C16H14N2S3/c1-19-13-7-3-11(4-8-13)15-17-16(21-18-15)12-5-9-14(20-2)10-6-12/h3-10H,1-2H3. The van der Waals surface area contributed by atoms with E-state index in [4.69, 9.17) is 0 Å². The molecule has 2 nitrogen and oxygen atoms in total. The van der Waals surface area contributed by atoms with Crippen LogP contribution in [0.25, 0.3) is 22.0 Å². The van der Waals surface area contributed by atoms with Crippen LogP contribution in [0.5, 0.6) is 0 Å². The second kappa shape index (κ2) is 6.64. The Kier molecular flexibility index (Phi) is 4.63. The van der Waals surface area contributed by atoms with Gasteiger partial charge in [0, 0.05) is 20.9 Å². The summed E-state index contributed by atoms with van der Waals surface area (Å²) in [5, 5.41) is 0.964. The highest BCUT2D eigenvalue weighted by Crippen LogP contribution is 2.28. The Labute approximate surface area is 137 Å². The van der Waals surface area contributed by atoms with Gasteiger partial charge in [-0.15, -0.1) is 23.5 Å². The van der Waals surface area contributed by atoms with Gasteiger partial charge in [-0.05, 0) is 48.3 Å². The van der Waals surface area contributed by atoms with Crippen molar-refractivity contribution in [2.45, 2.75) is 9.79 Å². The van der Waals surface area contributed by atoms with Crippen LogP contribution in [0.2, 0.25) is 0 Å². The van der Waals surface area contributed by atoms with Crippen LogP contribution < -0.4 is 0 Å². The monoisotopic (exact) mass is 330 g/mol. The number of hydrogen-bond donors (Lipinski definition) is 0. The van der Waals surface area contributed by atoms with E-state index < -0.39 is 0 Å². The molecule has 2 aromatic carbocycles. The van der Waals surface area contributed by atoms with Crippen molar-refractivity contribution in [2.24, 2.45) is 0 Å². The average Bonchev–Trinajstić information content (AvgIpc) is 3.05. The van der Waals surface area contributed by atoms with Crippen LogP contribution in [0.4, 0.5) is 0 Å². The van der Waals surface area contributed by atoms with Crippen molar-refractivity contribution in [1.82, 2.24) is 9.36 Å². The molecule has 0 unspecified atom stereocenters. The molecular weight excluding hydrogens is 316 g/mol. The second-order valence-corrected chi connectivity index (χ2v) is 6.89. The van der Waals surface area contributed by atoms with Gasteiger partial charge in [0.1, 0.15) is 5.01 Å². The van der Waals surface area contributed by atoms with E-state index in [1.165, 1.54) is 21.3 Å². The summed E-state index contributed by atoms with van der Waals surface area (Å²) in [6, 6.07) is 16.8. The topological polar surface area (TPSA) is 25.8 Å². The van der Waals surface area contributed by atoms with Gasteiger partial charge in [0.05, 0.1) is 0 Å². The van der Waals surface area contributed by atoms with E-state index in [1.54, 1.807) is 23.5 Å². The lowest BCUT2D eigenvalue weighted by molar-refractivity contribution is 1.31. The predicted octanol–water partition coefficient (Wildman–Crippen LogP) is 5.32. The number of aromatic nitrogens is 2. The number of hydrogen-bond acceptors (Lipinski definition) is 5. The lowest BCUT2D eigenvalue weighted by atomic mass is 10.2. The molecule has 3 aromatic rings. The lowest BCUT2D eigenvalue weighted by Crippen LogP contribution is -1.81. The van der Waals surface area contributed by atoms with Crippen LogP contribution in [-0.2, 0) is 0 Å². The fourth-order valence-corrected chi connectivity index (χ4v) is 3.44. The first-order valence-electron chi connectivity index (χ1n) is 6.42. The maximum atomic E-state index is 4.66. The molecule has 0 atom stereocenters. The van der Waals surface area contributed by atoms with Crippen molar-refractivity contribution in [3.8, 4) is 22.0 Å². The molecule has 0 saturated carbocycles. The number of thioether (sulfide) groups is 2. The van der Waals surface area contributed by atoms with Gasteiger partial charge in [-0.2, -0.15) is 4.37 Å². The summed E-state index contributed by atoms with van der Waals surface area (Å²) in [5.74, 6) is 0.802. The molecule has 0 saturated heterocycles. The Morgan fingerprint density at radius 1 is 0.762 bits per heavy atom. The zero-order chi connectivity index (χ0) is 14.7. The SMILES string of the molecule is CSc1ccc(-c2nsc(-c3ccc(SC)cc3)n2)cc1. The van der Waals surface area contributed by atoms with Crippen LogP contribution in [0, 0.1) is 0 Å². The Morgan fingerprint density at radius 3 is 1.81 bits per heavy atom. The molecule has 3 rings (SSSR count). The van der Waals surface area contributed by atoms with Crippen molar-refractivity contribution < 1.29 is 0 Å². The fraction of sp³-hybridized carbons (Fsp3) is 0.125. The molecular formula is C16H14N2S3. The Morgan fingerprint density at radius 2 is 1.29 bits per heavy atom. The Hall–Kier alpha value is -1.30. The average molecular weight is 331 g/mol. The molecule has 21 heavy (non-hydrogen) atoms. The quantitative estimate of drug-likeness (QED) is 0.605. The van der Waals surface area contributed by atoms with Gasteiger partial charge in [0.15, 0.2) is 5.82 Å². The molecule has 0 radical (unpaired) electrons. The van der Waals surface area contributed by atoms with Crippen molar-refractivity contribution in [2.75, 3.05) is 12.5 Å². The van der Waals surface area contributed by atoms with Crippen molar-refractivity contribution in [3.05, 3.63) is 48.5 Å². The van der Waals surface area contributed by atoms with Crippen molar-refractivity contribution in [1.29, 1.82) is 0 Å². The second-order valence-electron chi connectivity index (χ2n) is 4.38. The Balaban J connectivity index is 1.87. The summed E-state index contributed by atoms with van der Waals surface area (Å²) in [7, 11) is 0. The van der Waals surface area contributed by atoms with Crippen LogP contribution in [-0.4, -0.2) is 21.9 Å². The van der Waals surface area contributed by atoms with E-state index in [2.05, 4.69) is 70.4 Å². The summed E-state index contributed by atoms with van der Waals surface area (Å²) in [6.07, 6.45) is 4.16. The highest BCUT2D eigenvalue weighted by Gasteiger charge is 2.08. The maximum Gasteiger partial charge on any atom is 0.173 e. The molecule has 106 valence electrons. The van der Waals surface area contributed by atoms with Crippen LogP contribution >= 0.6 is 35.1 Å². The predicted molar refractivity (Wildman–Crippen MR) is 94.3 cm³/mol.